The zero-order valence-corrected chi connectivity index (χ0v) is 15.1. The topological polar surface area (TPSA) is 69.4 Å². The molecule has 0 unspecified atom stereocenters. The monoisotopic (exact) mass is 363 g/mol. The van der Waals surface area contributed by atoms with Crippen LogP contribution in [0.4, 0.5) is 0 Å². The number of aliphatic hydroxyl groups is 1. The van der Waals surface area contributed by atoms with Crippen LogP contribution in [0.2, 0.25) is 5.02 Å². The van der Waals surface area contributed by atoms with E-state index in [9.17, 15) is 5.11 Å². The molecule has 0 aliphatic carbocycles. The van der Waals surface area contributed by atoms with Crippen LogP contribution in [-0.2, 0) is 15.9 Å². The molecule has 1 saturated heterocycles. The summed E-state index contributed by atoms with van der Waals surface area (Å²) in [4.78, 5) is 3.99. The van der Waals surface area contributed by atoms with Crippen molar-refractivity contribution in [3.05, 3.63) is 53.3 Å². The number of aliphatic hydroxyl groups excluding tert-OH is 1. The molecule has 1 N–H and O–H groups in total. The Kier molecular flexibility index (Phi) is 5.42. The number of ether oxygens (including phenoxy) is 2. The lowest BCUT2D eigenvalue weighted by Crippen LogP contribution is -2.41. The molecule has 1 aliphatic rings. The molecule has 0 atom stereocenters. The quantitative estimate of drug-likeness (QED) is 0.820. The van der Waals surface area contributed by atoms with Gasteiger partial charge in [-0.1, -0.05) is 36.7 Å². The summed E-state index contributed by atoms with van der Waals surface area (Å²) in [7, 11) is 0. The normalized spacial score (nSPS) is 24.8. The van der Waals surface area contributed by atoms with Gasteiger partial charge in [-0.05, 0) is 25.0 Å². The molecule has 25 heavy (non-hydrogen) atoms. The smallest absolute Gasteiger partial charge is 0.157 e. The maximum absolute atomic E-state index is 11.1. The number of allylic oxidation sites excluding steroid dienone is 1. The summed E-state index contributed by atoms with van der Waals surface area (Å²) in [5.74, 6) is 0.174. The fourth-order valence-electron chi connectivity index (χ4n) is 2.81. The van der Waals surface area contributed by atoms with Gasteiger partial charge in [-0.25, -0.2) is 9.67 Å². The fourth-order valence-corrected chi connectivity index (χ4v) is 3.01. The summed E-state index contributed by atoms with van der Waals surface area (Å²) >= 11 is 6.29. The van der Waals surface area contributed by atoms with Gasteiger partial charge >= 0.3 is 0 Å². The highest BCUT2D eigenvalue weighted by atomic mass is 35.5. The Bertz CT molecular complexity index is 738. The van der Waals surface area contributed by atoms with E-state index in [4.69, 9.17) is 21.1 Å². The molecule has 1 aromatic carbocycles. The van der Waals surface area contributed by atoms with Gasteiger partial charge in [0.2, 0.25) is 0 Å². The minimum absolute atomic E-state index is 0.174. The van der Waals surface area contributed by atoms with Crippen LogP contribution in [0.3, 0.4) is 0 Å². The molecule has 0 spiro atoms. The molecule has 0 bridgehead atoms. The van der Waals surface area contributed by atoms with E-state index in [0.29, 0.717) is 30.4 Å². The van der Waals surface area contributed by atoms with Crippen LogP contribution in [0.1, 0.15) is 25.8 Å². The first-order chi connectivity index (χ1) is 12.0. The Balaban J connectivity index is 1.96. The Morgan fingerprint density at radius 3 is 2.68 bits per heavy atom. The van der Waals surface area contributed by atoms with Crippen molar-refractivity contribution in [1.29, 1.82) is 0 Å². The number of nitrogens with zero attached hydrogens (tertiary/aromatic N) is 3. The van der Waals surface area contributed by atoms with Crippen LogP contribution in [0.5, 0.6) is 0 Å². The Morgan fingerprint density at radius 1 is 1.36 bits per heavy atom. The van der Waals surface area contributed by atoms with Crippen LogP contribution < -0.4 is 0 Å². The van der Waals surface area contributed by atoms with E-state index >= 15 is 0 Å². The van der Waals surface area contributed by atoms with Crippen molar-refractivity contribution in [3.63, 3.8) is 0 Å². The molecule has 134 valence electrons. The van der Waals surface area contributed by atoms with E-state index in [1.807, 2.05) is 38.1 Å². The minimum atomic E-state index is -0.659. The molecule has 7 heteroatoms. The van der Waals surface area contributed by atoms with Crippen LogP contribution in [0, 0.1) is 5.41 Å². The van der Waals surface area contributed by atoms with Gasteiger partial charge in [0, 0.05) is 11.4 Å². The third kappa shape index (κ3) is 3.86. The summed E-state index contributed by atoms with van der Waals surface area (Å²) in [6.45, 7) is 4.66. The standard InChI is InChI=1S/C18H22ClN3O3/c1-3-16-24-9-18(2,10-25-16)17(23)15(22-12-20-11-21-22)8-13-6-4-5-7-14(13)19/h4-7,11-12,16,23H,3,8-10H2,1-2H3. The fraction of sp³-hybridized carbons (Fsp3) is 0.444. The van der Waals surface area contributed by atoms with E-state index in [1.54, 1.807) is 11.0 Å². The molecule has 2 aromatic rings. The first kappa shape index (κ1) is 17.9. The maximum Gasteiger partial charge on any atom is 0.157 e. The highest BCUT2D eigenvalue weighted by Gasteiger charge is 2.38. The first-order valence-electron chi connectivity index (χ1n) is 8.27. The van der Waals surface area contributed by atoms with Gasteiger partial charge in [0.1, 0.15) is 18.4 Å². The number of aromatic nitrogens is 3. The maximum atomic E-state index is 11.1. The summed E-state index contributed by atoms with van der Waals surface area (Å²) in [5, 5.41) is 15.9. The largest absolute Gasteiger partial charge is 0.510 e. The van der Waals surface area contributed by atoms with Gasteiger partial charge < -0.3 is 14.6 Å². The average Bonchev–Trinajstić information content (AvgIpc) is 3.15. The SMILES string of the molecule is CCC1OCC(C)(C(O)=C(Cc2ccccc2Cl)n2cncn2)CO1. The lowest BCUT2D eigenvalue weighted by molar-refractivity contribution is -0.222. The van der Waals surface area contributed by atoms with Crippen molar-refractivity contribution < 1.29 is 14.6 Å². The van der Waals surface area contributed by atoms with E-state index in [1.165, 1.54) is 6.33 Å². The van der Waals surface area contributed by atoms with Gasteiger partial charge in [-0.3, -0.25) is 0 Å². The van der Waals surface area contributed by atoms with Crippen molar-refractivity contribution in [3.8, 4) is 0 Å². The lowest BCUT2D eigenvalue weighted by atomic mass is 9.87. The molecule has 1 fully saturated rings. The van der Waals surface area contributed by atoms with Crippen LogP contribution in [0.15, 0.2) is 42.7 Å². The highest BCUT2D eigenvalue weighted by Crippen LogP contribution is 2.35. The van der Waals surface area contributed by atoms with Gasteiger partial charge in [-0.2, -0.15) is 5.10 Å². The molecule has 2 heterocycles. The highest BCUT2D eigenvalue weighted by molar-refractivity contribution is 6.31. The predicted octanol–water partition coefficient (Wildman–Crippen LogP) is 3.69. The number of rotatable bonds is 5. The molecule has 0 radical (unpaired) electrons. The van der Waals surface area contributed by atoms with Crippen molar-refractivity contribution in [2.75, 3.05) is 13.2 Å². The van der Waals surface area contributed by atoms with E-state index in [2.05, 4.69) is 10.1 Å². The number of halogens is 1. The van der Waals surface area contributed by atoms with Crippen molar-refractivity contribution in [2.24, 2.45) is 5.41 Å². The molecule has 0 amide bonds. The zero-order valence-electron chi connectivity index (χ0n) is 14.4. The van der Waals surface area contributed by atoms with Gasteiger partial charge in [0.25, 0.3) is 0 Å². The van der Waals surface area contributed by atoms with Crippen LogP contribution >= 0.6 is 11.6 Å². The Labute approximate surface area is 152 Å². The van der Waals surface area contributed by atoms with Crippen molar-refractivity contribution in [2.45, 2.75) is 33.0 Å². The third-order valence-electron chi connectivity index (χ3n) is 4.36. The molecule has 1 aromatic heterocycles. The zero-order chi connectivity index (χ0) is 17.9. The van der Waals surface area contributed by atoms with Crippen molar-refractivity contribution >= 4 is 17.3 Å². The molecular weight excluding hydrogens is 342 g/mol. The number of benzene rings is 1. The second kappa shape index (κ2) is 7.56. The van der Waals surface area contributed by atoms with Crippen LogP contribution in [0.25, 0.3) is 5.70 Å². The molecule has 3 rings (SSSR count). The summed E-state index contributed by atoms with van der Waals surface area (Å²) in [6.07, 6.45) is 3.96. The van der Waals surface area contributed by atoms with Gasteiger partial charge in [-0.15, -0.1) is 0 Å². The van der Waals surface area contributed by atoms with E-state index in [-0.39, 0.29) is 12.0 Å². The Morgan fingerprint density at radius 2 is 2.08 bits per heavy atom. The van der Waals surface area contributed by atoms with Gasteiger partial charge in [0.15, 0.2) is 6.29 Å². The number of hydrogen-bond donors (Lipinski definition) is 1. The van der Waals surface area contributed by atoms with Crippen molar-refractivity contribution in [1.82, 2.24) is 14.8 Å². The third-order valence-corrected chi connectivity index (χ3v) is 4.73. The predicted molar refractivity (Wildman–Crippen MR) is 95.1 cm³/mol. The second-order valence-electron chi connectivity index (χ2n) is 6.42. The minimum Gasteiger partial charge on any atom is -0.510 e. The average molecular weight is 364 g/mol. The first-order valence-corrected chi connectivity index (χ1v) is 8.65. The van der Waals surface area contributed by atoms with Crippen LogP contribution in [-0.4, -0.2) is 39.4 Å². The summed E-state index contributed by atoms with van der Waals surface area (Å²) in [5.41, 5.74) is 0.845. The molecular formula is C18H22ClN3O3. The van der Waals surface area contributed by atoms with Gasteiger partial charge in [0.05, 0.1) is 24.3 Å². The summed E-state index contributed by atoms with van der Waals surface area (Å²) in [6, 6.07) is 7.54. The lowest BCUT2D eigenvalue weighted by Gasteiger charge is -2.37. The number of hydrogen-bond acceptors (Lipinski definition) is 5. The van der Waals surface area contributed by atoms with E-state index < -0.39 is 5.41 Å². The second-order valence-corrected chi connectivity index (χ2v) is 6.83. The Hall–Kier alpha value is -1.89. The summed E-state index contributed by atoms with van der Waals surface area (Å²) < 4.78 is 13.0. The molecule has 0 saturated carbocycles. The van der Waals surface area contributed by atoms with E-state index in [0.717, 1.165) is 12.0 Å². The molecule has 1 aliphatic heterocycles. The molecule has 6 nitrogen and oxygen atoms in total.